The Kier molecular flexibility index (Phi) is 4.96. The van der Waals surface area contributed by atoms with Crippen molar-refractivity contribution in [3.63, 3.8) is 0 Å². The lowest BCUT2D eigenvalue weighted by molar-refractivity contribution is -0.141. The maximum absolute atomic E-state index is 10.9. The van der Waals surface area contributed by atoms with Gasteiger partial charge in [-0.2, -0.15) is 0 Å². The monoisotopic (exact) mass is 286 g/mol. The van der Waals surface area contributed by atoms with E-state index in [0.717, 1.165) is 15.6 Å². The third kappa shape index (κ3) is 3.61. The van der Waals surface area contributed by atoms with Gasteiger partial charge in [-0.25, -0.2) is 0 Å². The molecule has 1 rings (SSSR count). The summed E-state index contributed by atoms with van der Waals surface area (Å²) >= 11 is 3.40. The number of ether oxygens (including phenoxy) is 1. The van der Waals surface area contributed by atoms with Crippen LogP contribution in [0.25, 0.3) is 0 Å². The molecule has 0 saturated heterocycles. The number of aliphatic hydroxyl groups excluding tert-OH is 1. The maximum atomic E-state index is 10.9. The lowest BCUT2D eigenvalue weighted by Gasteiger charge is -2.12. The van der Waals surface area contributed by atoms with Gasteiger partial charge in [-0.05, 0) is 30.5 Å². The van der Waals surface area contributed by atoms with Crippen LogP contribution in [0.4, 0.5) is 0 Å². The first-order valence-corrected chi connectivity index (χ1v) is 5.85. The Morgan fingerprint density at radius 2 is 2.25 bits per heavy atom. The smallest absolute Gasteiger partial charge is 0.305 e. The molecule has 0 aliphatic rings. The molecule has 1 aromatic carbocycles. The average molecular weight is 287 g/mol. The number of hydrogen-bond donors (Lipinski definition) is 1. The van der Waals surface area contributed by atoms with Crippen molar-refractivity contribution in [3.05, 3.63) is 33.8 Å². The fourth-order valence-corrected chi connectivity index (χ4v) is 2.17. The zero-order chi connectivity index (χ0) is 12.1. The van der Waals surface area contributed by atoms with Crippen LogP contribution in [0.3, 0.4) is 0 Å². The Hall–Kier alpha value is -0.870. The van der Waals surface area contributed by atoms with E-state index in [9.17, 15) is 9.90 Å². The second-order valence-corrected chi connectivity index (χ2v) is 4.51. The van der Waals surface area contributed by atoms with Gasteiger partial charge in [0.15, 0.2) is 0 Å². The molecule has 0 heterocycles. The van der Waals surface area contributed by atoms with Gasteiger partial charge in [-0.15, -0.1) is 0 Å². The minimum atomic E-state index is -0.644. The molecule has 0 aliphatic carbocycles. The van der Waals surface area contributed by atoms with Crippen LogP contribution in [0.1, 0.15) is 30.1 Å². The number of halogens is 1. The highest BCUT2D eigenvalue weighted by Gasteiger charge is 2.13. The summed E-state index contributed by atoms with van der Waals surface area (Å²) in [5.41, 5.74) is 1.92. The number of carbonyl (C=O) groups excluding carboxylic acids is 1. The summed E-state index contributed by atoms with van der Waals surface area (Å²) in [4.78, 5) is 10.9. The summed E-state index contributed by atoms with van der Waals surface area (Å²) in [6.07, 6.45) is -0.0548. The van der Waals surface area contributed by atoms with E-state index in [1.807, 2.05) is 25.1 Å². The predicted octanol–water partition coefficient (Wildman–Crippen LogP) is 2.74. The van der Waals surface area contributed by atoms with Gasteiger partial charge < -0.3 is 9.84 Å². The molecule has 0 aromatic heterocycles. The Labute approximate surface area is 104 Å². The van der Waals surface area contributed by atoms with Crippen LogP contribution in [0.5, 0.6) is 0 Å². The summed E-state index contributed by atoms with van der Waals surface area (Å²) in [6.45, 7) is 1.98. The minimum Gasteiger partial charge on any atom is -0.469 e. The van der Waals surface area contributed by atoms with E-state index in [1.165, 1.54) is 7.11 Å². The first-order valence-electron chi connectivity index (χ1n) is 5.05. The maximum Gasteiger partial charge on any atom is 0.305 e. The molecule has 0 bridgehead atoms. The highest BCUT2D eigenvalue weighted by Crippen LogP contribution is 2.27. The quantitative estimate of drug-likeness (QED) is 0.866. The van der Waals surface area contributed by atoms with Gasteiger partial charge in [-0.3, -0.25) is 4.79 Å². The van der Waals surface area contributed by atoms with E-state index < -0.39 is 6.10 Å². The van der Waals surface area contributed by atoms with Crippen molar-refractivity contribution in [2.75, 3.05) is 7.11 Å². The van der Waals surface area contributed by atoms with Crippen molar-refractivity contribution < 1.29 is 14.6 Å². The van der Waals surface area contributed by atoms with Crippen LogP contribution in [0, 0.1) is 6.92 Å². The second-order valence-electron chi connectivity index (χ2n) is 3.66. The van der Waals surface area contributed by atoms with Crippen LogP contribution in [-0.4, -0.2) is 18.2 Å². The van der Waals surface area contributed by atoms with Crippen molar-refractivity contribution in [2.45, 2.75) is 25.9 Å². The molecule has 16 heavy (non-hydrogen) atoms. The number of hydrogen-bond acceptors (Lipinski definition) is 3. The van der Waals surface area contributed by atoms with Gasteiger partial charge in [0.25, 0.3) is 0 Å². The summed E-state index contributed by atoms with van der Waals surface area (Å²) in [5, 5.41) is 9.90. The molecular weight excluding hydrogens is 272 g/mol. The van der Waals surface area contributed by atoms with Crippen molar-refractivity contribution in [3.8, 4) is 0 Å². The number of benzene rings is 1. The van der Waals surface area contributed by atoms with Gasteiger partial charge >= 0.3 is 5.97 Å². The summed E-state index contributed by atoms with van der Waals surface area (Å²) < 4.78 is 5.39. The van der Waals surface area contributed by atoms with E-state index in [2.05, 4.69) is 20.7 Å². The lowest BCUT2D eigenvalue weighted by atomic mass is 10.0. The molecule has 0 spiro atoms. The largest absolute Gasteiger partial charge is 0.469 e. The van der Waals surface area contributed by atoms with Crippen LogP contribution >= 0.6 is 15.9 Å². The Morgan fingerprint density at radius 3 is 2.81 bits per heavy atom. The van der Waals surface area contributed by atoms with Crippen LogP contribution in [0.2, 0.25) is 0 Å². The number of carbonyl (C=O) groups is 1. The third-order valence-electron chi connectivity index (χ3n) is 2.36. The highest BCUT2D eigenvalue weighted by molar-refractivity contribution is 9.10. The van der Waals surface area contributed by atoms with E-state index in [4.69, 9.17) is 0 Å². The van der Waals surface area contributed by atoms with E-state index in [0.29, 0.717) is 6.42 Å². The lowest BCUT2D eigenvalue weighted by Crippen LogP contribution is -2.05. The standard InChI is InChI=1S/C12H15BrO3/c1-8-3-4-9(10(13)7-8)11(14)5-6-12(15)16-2/h3-4,7,11,14H,5-6H2,1-2H3. The highest BCUT2D eigenvalue weighted by atomic mass is 79.9. The zero-order valence-electron chi connectivity index (χ0n) is 9.37. The summed E-state index contributed by atoms with van der Waals surface area (Å²) in [5.74, 6) is -0.303. The molecule has 0 saturated carbocycles. The van der Waals surface area contributed by atoms with Crippen molar-refractivity contribution in [1.82, 2.24) is 0 Å². The first kappa shape index (κ1) is 13.2. The predicted molar refractivity (Wildman–Crippen MR) is 65.1 cm³/mol. The van der Waals surface area contributed by atoms with Crippen molar-refractivity contribution in [1.29, 1.82) is 0 Å². The minimum absolute atomic E-state index is 0.220. The molecule has 0 aliphatic heterocycles. The molecular formula is C12H15BrO3. The third-order valence-corrected chi connectivity index (χ3v) is 3.05. The molecule has 3 nitrogen and oxygen atoms in total. The molecule has 0 fully saturated rings. The summed E-state index contributed by atoms with van der Waals surface area (Å²) in [7, 11) is 1.34. The van der Waals surface area contributed by atoms with Crippen LogP contribution in [0.15, 0.2) is 22.7 Å². The Bertz CT molecular complexity index is 377. The SMILES string of the molecule is COC(=O)CCC(O)c1ccc(C)cc1Br. The molecule has 88 valence electrons. The normalized spacial score (nSPS) is 12.2. The van der Waals surface area contributed by atoms with E-state index in [-0.39, 0.29) is 12.4 Å². The van der Waals surface area contributed by atoms with Gasteiger partial charge in [0.1, 0.15) is 0 Å². The van der Waals surface area contributed by atoms with Gasteiger partial charge in [0.2, 0.25) is 0 Å². The van der Waals surface area contributed by atoms with Crippen LogP contribution in [-0.2, 0) is 9.53 Å². The number of methoxy groups -OCH3 is 1. The van der Waals surface area contributed by atoms with E-state index >= 15 is 0 Å². The fraction of sp³-hybridized carbons (Fsp3) is 0.417. The Morgan fingerprint density at radius 1 is 1.56 bits per heavy atom. The van der Waals surface area contributed by atoms with Crippen LogP contribution < -0.4 is 0 Å². The number of esters is 1. The van der Waals surface area contributed by atoms with Gasteiger partial charge in [0.05, 0.1) is 13.2 Å². The number of aliphatic hydroxyl groups is 1. The average Bonchev–Trinajstić information content (AvgIpc) is 2.25. The van der Waals surface area contributed by atoms with Crippen molar-refractivity contribution >= 4 is 21.9 Å². The van der Waals surface area contributed by atoms with E-state index in [1.54, 1.807) is 0 Å². The number of aryl methyl sites for hydroxylation is 1. The topological polar surface area (TPSA) is 46.5 Å². The Balaban J connectivity index is 2.65. The summed E-state index contributed by atoms with van der Waals surface area (Å²) in [6, 6.07) is 5.74. The molecule has 1 atom stereocenters. The molecule has 4 heteroatoms. The number of rotatable bonds is 4. The zero-order valence-corrected chi connectivity index (χ0v) is 11.0. The van der Waals surface area contributed by atoms with Gasteiger partial charge in [0, 0.05) is 10.9 Å². The molecule has 0 radical (unpaired) electrons. The van der Waals surface area contributed by atoms with Gasteiger partial charge in [-0.1, -0.05) is 28.1 Å². The second kappa shape index (κ2) is 6.01. The first-order chi connectivity index (χ1) is 7.54. The molecule has 0 amide bonds. The molecule has 1 unspecified atom stereocenters. The molecule has 1 aromatic rings. The van der Waals surface area contributed by atoms with Crippen molar-refractivity contribution in [2.24, 2.45) is 0 Å². The molecule has 1 N–H and O–H groups in total. The fourth-order valence-electron chi connectivity index (χ4n) is 1.41.